The van der Waals surface area contributed by atoms with Gasteiger partial charge in [-0.05, 0) is 28.4 Å². The molecule has 0 spiro atoms. The summed E-state index contributed by atoms with van der Waals surface area (Å²) in [4.78, 5) is 34.9. The topological polar surface area (TPSA) is 80.5 Å². The highest BCUT2D eigenvalue weighted by Gasteiger charge is 2.30. The van der Waals surface area contributed by atoms with E-state index in [-0.39, 0.29) is 21.6 Å². The van der Waals surface area contributed by atoms with Gasteiger partial charge in [0.25, 0.3) is 11.6 Å². The van der Waals surface area contributed by atoms with Gasteiger partial charge in [0, 0.05) is 19.0 Å². The van der Waals surface area contributed by atoms with Gasteiger partial charge in [0.2, 0.25) is 5.91 Å². The zero-order valence-electron chi connectivity index (χ0n) is 9.26. The Bertz CT molecular complexity index is 544. The molecular weight excluding hydrogens is 304 g/mol. The zero-order valence-corrected chi connectivity index (χ0v) is 10.8. The van der Waals surface area contributed by atoms with Crippen molar-refractivity contribution in [1.82, 2.24) is 4.90 Å². The number of hydrogen-bond acceptors (Lipinski definition) is 4. The van der Waals surface area contributed by atoms with Gasteiger partial charge in [-0.25, -0.2) is 0 Å². The van der Waals surface area contributed by atoms with E-state index in [4.69, 9.17) is 0 Å². The van der Waals surface area contributed by atoms with Crippen LogP contribution in [0.2, 0.25) is 0 Å². The average molecular weight is 313 g/mol. The van der Waals surface area contributed by atoms with Crippen molar-refractivity contribution in [2.24, 2.45) is 0 Å². The summed E-state index contributed by atoms with van der Waals surface area (Å²) in [5, 5.41) is 10.8. The molecule has 0 aliphatic carbocycles. The van der Waals surface area contributed by atoms with Gasteiger partial charge in [0.15, 0.2) is 0 Å². The first-order valence-corrected chi connectivity index (χ1v) is 6.09. The molecule has 0 unspecified atom stereocenters. The van der Waals surface area contributed by atoms with Crippen LogP contribution in [-0.2, 0) is 4.79 Å². The number of imide groups is 1. The maximum atomic E-state index is 12.1. The number of rotatable bonds is 2. The Morgan fingerprint density at radius 2 is 2.17 bits per heavy atom. The first-order valence-electron chi connectivity index (χ1n) is 5.30. The second-order valence-corrected chi connectivity index (χ2v) is 4.64. The molecule has 18 heavy (non-hydrogen) atoms. The van der Waals surface area contributed by atoms with Crippen molar-refractivity contribution in [3.8, 4) is 0 Å². The van der Waals surface area contributed by atoms with Crippen molar-refractivity contribution in [2.75, 3.05) is 6.54 Å². The van der Waals surface area contributed by atoms with E-state index < -0.39 is 10.8 Å². The Morgan fingerprint density at radius 3 is 2.72 bits per heavy atom. The molecule has 1 aliphatic rings. The summed E-state index contributed by atoms with van der Waals surface area (Å²) < 4.78 is 0.111. The van der Waals surface area contributed by atoms with Gasteiger partial charge in [-0.2, -0.15) is 0 Å². The van der Waals surface area contributed by atoms with Crippen molar-refractivity contribution in [2.45, 2.75) is 12.8 Å². The molecule has 1 fully saturated rings. The first-order chi connectivity index (χ1) is 8.52. The molecule has 2 rings (SSSR count). The quantitative estimate of drug-likeness (QED) is 0.476. The summed E-state index contributed by atoms with van der Waals surface area (Å²) in [6.45, 7) is 0.368. The number of nitrogens with zero attached hydrogens (tertiary/aromatic N) is 2. The van der Waals surface area contributed by atoms with E-state index in [0.29, 0.717) is 19.4 Å². The van der Waals surface area contributed by atoms with Gasteiger partial charge in [-0.1, -0.05) is 6.07 Å². The van der Waals surface area contributed by atoms with Gasteiger partial charge in [-0.15, -0.1) is 0 Å². The zero-order chi connectivity index (χ0) is 13.3. The lowest BCUT2D eigenvalue weighted by molar-refractivity contribution is -0.385. The number of amides is 2. The molecule has 1 saturated heterocycles. The maximum Gasteiger partial charge on any atom is 0.284 e. The third kappa shape index (κ3) is 2.13. The first kappa shape index (κ1) is 12.7. The molecule has 0 atom stereocenters. The monoisotopic (exact) mass is 312 g/mol. The standard InChI is InChI=1S/C11H9BrN2O4/c12-10-7(3-1-4-8(10)14(17)18)11(16)13-6-2-5-9(13)15/h1,3-4H,2,5-6H2. The van der Waals surface area contributed by atoms with E-state index in [2.05, 4.69) is 15.9 Å². The van der Waals surface area contributed by atoms with E-state index in [0.717, 1.165) is 4.90 Å². The molecular formula is C11H9BrN2O4. The minimum atomic E-state index is -0.577. The molecule has 1 aromatic carbocycles. The minimum absolute atomic E-state index is 0.111. The number of carbonyl (C=O) groups excluding carboxylic acids is 2. The van der Waals surface area contributed by atoms with Crippen LogP contribution in [0, 0.1) is 10.1 Å². The number of benzene rings is 1. The van der Waals surface area contributed by atoms with Crippen LogP contribution in [0.5, 0.6) is 0 Å². The van der Waals surface area contributed by atoms with Crippen molar-refractivity contribution in [1.29, 1.82) is 0 Å². The normalized spacial score (nSPS) is 14.9. The second kappa shape index (κ2) is 4.85. The fraction of sp³-hybridized carbons (Fsp3) is 0.273. The molecule has 0 saturated carbocycles. The van der Waals surface area contributed by atoms with Gasteiger partial charge in [0.05, 0.1) is 10.5 Å². The molecule has 0 radical (unpaired) electrons. The molecule has 6 nitrogen and oxygen atoms in total. The summed E-state index contributed by atoms with van der Waals surface area (Å²) in [5.41, 5.74) is -0.0491. The second-order valence-electron chi connectivity index (χ2n) is 3.85. The predicted octanol–water partition coefficient (Wildman–Crippen LogP) is 2.12. The summed E-state index contributed by atoms with van der Waals surface area (Å²) in [5.74, 6) is -0.730. The van der Waals surface area contributed by atoms with Gasteiger partial charge >= 0.3 is 0 Å². The average Bonchev–Trinajstić information content (AvgIpc) is 2.74. The van der Waals surface area contributed by atoms with Crippen LogP contribution >= 0.6 is 15.9 Å². The van der Waals surface area contributed by atoms with Crippen LogP contribution < -0.4 is 0 Å². The molecule has 1 aromatic rings. The number of nitro benzene ring substituents is 1. The third-order valence-electron chi connectivity index (χ3n) is 2.72. The molecule has 0 bridgehead atoms. The SMILES string of the molecule is O=C1CCCN1C(=O)c1cccc([N+](=O)[O-])c1Br. The number of likely N-dealkylation sites (tertiary alicyclic amines) is 1. The fourth-order valence-corrected chi connectivity index (χ4v) is 2.41. The van der Waals surface area contributed by atoms with E-state index in [1.807, 2.05) is 0 Å². The van der Waals surface area contributed by atoms with Crippen LogP contribution in [0.1, 0.15) is 23.2 Å². The Morgan fingerprint density at radius 1 is 1.44 bits per heavy atom. The van der Waals surface area contributed by atoms with Crippen molar-refractivity contribution >= 4 is 33.4 Å². The fourth-order valence-electron chi connectivity index (χ4n) is 1.83. The van der Waals surface area contributed by atoms with Crippen LogP contribution in [0.3, 0.4) is 0 Å². The molecule has 0 N–H and O–H groups in total. The molecule has 2 amide bonds. The van der Waals surface area contributed by atoms with E-state index in [1.165, 1.54) is 18.2 Å². The summed E-state index contributed by atoms with van der Waals surface area (Å²) in [7, 11) is 0. The van der Waals surface area contributed by atoms with Crippen LogP contribution in [0.25, 0.3) is 0 Å². The molecule has 1 heterocycles. The summed E-state index contributed by atoms with van der Waals surface area (Å²) in [6, 6.07) is 4.19. The smallest absolute Gasteiger partial charge is 0.278 e. The highest BCUT2D eigenvalue weighted by atomic mass is 79.9. The lowest BCUT2D eigenvalue weighted by atomic mass is 10.2. The lowest BCUT2D eigenvalue weighted by Gasteiger charge is -2.14. The van der Waals surface area contributed by atoms with E-state index in [9.17, 15) is 19.7 Å². The summed E-state index contributed by atoms with van der Waals surface area (Å²) in [6.07, 6.45) is 0.982. The van der Waals surface area contributed by atoms with Crippen LogP contribution in [0.15, 0.2) is 22.7 Å². The van der Waals surface area contributed by atoms with Gasteiger partial charge in [-0.3, -0.25) is 24.6 Å². The maximum absolute atomic E-state index is 12.1. The Balaban J connectivity index is 2.39. The highest BCUT2D eigenvalue weighted by molar-refractivity contribution is 9.10. The van der Waals surface area contributed by atoms with Crippen molar-refractivity contribution in [3.05, 3.63) is 38.3 Å². The van der Waals surface area contributed by atoms with E-state index in [1.54, 1.807) is 0 Å². The van der Waals surface area contributed by atoms with E-state index >= 15 is 0 Å². The highest BCUT2D eigenvalue weighted by Crippen LogP contribution is 2.29. The van der Waals surface area contributed by atoms with Gasteiger partial charge in [0.1, 0.15) is 4.47 Å². The van der Waals surface area contributed by atoms with Crippen molar-refractivity contribution in [3.63, 3.8) is 0 Å². The number of nitro groups is 1. The number of carbonyl (C=O) groups is 2. The molecule has 1 aliphatic heterocycles. The minimum Gasteiger partial charge on any atom is -0.278 e. The predicted molar refractivity (Wildman–Crippen MR) is 66.1 cm³/mol. The Labute approximate surface area is 111 Å². The molecule has 7 heteroatoms. The largest absolute Gasteiger partial charge is 0.284 e. The molecule has 94 valence electrons. The molecule has 0 aromatic heterocycles. The van der Waals surface area contributed by atoms with Crippen LogP contribution in [-0.4, -0.2) is 28.2 Å². The number of halogens is 1. The number of hydrogen-bond donors (Lipinski definition) is 0. The van der Waals surface area contributed by atoms with Crippen molar-refractivity contribution < 1.29 is 14.5 Å². The van der Waals surface area contributed by atoms with Crippen LogP contribution in [0.4, 0.5) is 5.69 Å². The Hall–Kier alpha value is -1.76. The van der Waals surface area contributed by atoms with Gasteiger partial charge < -0.3 is 0 Å². The third-order valence-corrected chi connectivity index (χ3v) is 3.56. The summed E-state index contributed by atoms with van der Waals surface area (Å²) >= 11 is 3.05. The Kier molecular flexibility index (Phi) is 3.42. The lowest BCUT2D eigenvalue weighted by Crippen LogP contribution is -2.32.